The molecular formula is C10H19NO3. The summed E-state index contributed by atoms with van der Waals surface area (Å²) in [6.07, 6.45) is 2.22. The molecule has 2 aliphatic heterocycles. The minimum Gasteiger partial charge on any atom is -0.396 e. The van der Waals surface area contributed by atoms with Crippen LogP contribution < -0.4 is 5.32 Å². The maximum absolute atomic E-state index is 10.5. The summed E-state index contributed by atoms with van der Waals surface area (Å²) in [5, 5.41) is 23.2. The van der Waals surface area contributed by atoms with Crippen LogP contribution in [0.4, 0.5) is 0 Å². The number of piperidine rings is 1. The van der Waals surface area contributed by atoms with Crippen LogP contribution in [0.1, 0.15) is 19.3 Å². The molecular weight excluding hydrogens is 182 g/mol. The first-order chi connectivity index (χ1) is 6.72. The van der Waals surface area contributed by atoms with Crippen LogP contribution in [0.25, 0.3) is 0 Å². The molecule has 0 spiro atoms. The van der Waals surface area contributed by atoms with Crippen molar-refractivity contribution in [3.05, 3.63) is 0 Å². The molecule has 2 saturated heterocycles. The first-order valence-corrected chi connectivity index (χ1v) is 5.34. The Morgan fingerprint density at radius 1 is 1.21 bits per heavy atom. The van der Waals surface area contributed by atoms with Gasteiger partial charge in [0.2, 0.25) is 0 Å². The molecule has 0 radical (unpaired) electrons. The highest BCUT2D eigenvalue weighted by atomic mass is 16.5. The predicted octanol–water partition coefficient (Wildman–Crippen LogP) is -0.500. The topological polar surface area (TPSA) is 61.7 Å². The third kappa shape index (κ3) is 1.46. The van der Waals surface area contributed by atoms with E-state index in [0.717, 1.165) is 32.4 Å². The van der Waals surface area contributed by atoms with Gasteiger partial charge in [0.1, 0.15) is 0 Å². The number of aliphatic hydroxyl groups excluding tert-OH is 1. The number of nitrogens with one attached hydrogen (secondary N) is 1. The zero-order valence-corrected chi connectivity index (χ0v) is 8.46. The van der Waals surface area contributed by atoms with E-state index in [1.165, 1.54) is 0 Å². The second kappa shape index (κ2) is 3.77. The Hall–Kier alpha value is -0.160. The van der Waals surface area contributed by atoms with Gasteiger partial charge in [0.25, 0.3) is 0 Å². The lowest BCUT2D eigenvalue weighted by Crippen LogP contribution is -2.56. The third-order valence-electron chi connectivity index (χ3n) is 3.82. The van der Waals surface area contributed by atoms with Gasteiger partial charge in [-0.15, -0.1) is 0 Å². The molecule has 4 heteroatoms. The van der Waals surface area contributed by atoms with Crippen molar-refractivity contribution in [2.45, 2.75) is 24.9 Å². The lowest BCUT2D eigenvalue weighted by Gasteiger charge is -2.45. The first kappa shape index (κ1) is 10.4. The predicted molar refractivity (Wildman–Crippen MR) is 52.0 cm³/mol. The van der Waals surface area contributed by atoms with Gasteiger partial charge >= 0.3 is 0 Å². The molecule has 2 rings (SSSR count). The fourth-order valence-electron chi connectivity index (χ4n) is 2.62. The van der Waals surface area contributed by atoms with Crippen molar-refractivity contribution < 1.29 is 14.9 Å². The largest absolute Gasteiger partial charge is 0.396 e. The molecule has 3 N–H and O–H groups in total. The Balaban J connectivity index is 2.15. The van der Waals surface area contributed by atoms with Crippen LogP contribution in [0.2, 0.25) is 0 Å². The molecule has 0 bridgehead atoms. The van der Waals surface area contributed by atoms with Crippen molar-refractivity contribution in [2.24, 2.45) is 5.41 Å². The van der Waals surface area contributed by atoms with E-state index < -0.39 is 11.0 Å². The fraction of sp³-hybridized carbons (Fsp3) is 1.00. The SMILES string of the molecule is OCC1(C2(O)CCNCC2)CCOC1. The molecule has 2 aliphatic rings. The number of hydrogen-bond donors (Lipinski definition) is 3. The number of ether oxygens (including phenoxy) is 1. The quantitative estimate of drug-likeness (QED) is 0.563. The molecule has 0 amide bonds. The van der Waals surface area contributed by atoms with Gasteiger partial charge in [0.15, 0.2) is 0 Å². The van der Waals surface area contributed by atoms with Gasteiger partial charge in [-0.05, 0) is 32.4 Å². The molecule has 1 unspecified atom stereocenters. The minimum absolute atomic E-state index is 0.0312. The highest BCUT2D eigenvalue weighted by Gasteiger charge is 2.52. The van der Waals surface area contributed by atoms with E-state index in [0.29, 0.717) is 13.2 Å². The van der Waals surface area contributed by atoms with Crippen LogP contribution in [0, 0.1) is 5.41 Å². The standard InChI is InChI=1S/C10H19NO3/c12-7-9(3-6-14-8-9)10(13)1-4-11-5-2-10/h11-13H,1-8H2. The number of hydrogen-bond acceptors (Lipinski definition) is 4. The summed E-state index contributed by atoms with van der Waals surface area (Å²) in [5.74, 6) is 0. The van der Waals surface area contributed by atoms with Crippen LogP contribution >= 0.6 is 0 Å². The third-order valence-corrected chi connectivity index (χ3v) is 3.82. The summed E-state index contributed by atoms with van der Waals surface area (Å²) < 4.78 is 5.33. The van der Waals surface area contributed by atoms with Gasteiger partial charge in [-0.1, -0.05) is 0 Å². The van der Waals surface area contributed by atoms with Crippen LogP contribution in [0.15, 0.2) is 0 Å². The van der Waals surface area contributed by atoms with Crippen molar-refractivity contribution >= 4 is 0 Å². The summed E-state index contributed by atoms with van der Waals surface area (Å²) in [6.45, 7) is 2.86. The molecule has 0 aliphatic carbocycles. The van der Waals surface area contributed by atoms with E-state index in [2.05, 4.69) is 5.32 Å². The van der Waals surface area contributed by atoms with Crippen LogP contribution in [0.5, 0.6) is 0 Å². The summed E-state index contributed by atoms with van der Waals surface area (Å²) in [7, 11) is 0. The molecule has 14 heavy (non-hydrogen) atoms. The van der Waals surface area contributed by atoms with Gasteiger partial charge in [-0.25, -0.2) is 0 Å². The van der Waals surface area contributed by atoms with Gasteiger partial charge < -0.3 is 20.3 Å². The van der Waals surface area contributed by atoms with Crippen LogP contribution in [-0.4, -0.2) is 48.7 Å². The summed E-state index contributed by atoms with van der Waals surface area (Å²) in [6, 6.07) is 0. The minimum atomic E-state index is -0.733. The van der Waals surface area contributed by atoms with E-state index in [1.807, 2.05) is 0 Å². The average Bonchev–Trinajstić information content (AvgIpc) is 2.68. The molecule has 2 heterocycles. The first-order valence-electron chi connectivity index (χ1n) is 5.34. The van der Waals surface area contributed by atoms with E-state index >= 15 is 0 Å². The lowest BCUT2D eigenvalue weighted by molar-refractivity contribution is -0.127. The Bertz CT molecular complexity index is 196. The molecule has 2 fully saturated rings. The van der Waals surface area contributed by atoms with E-state index in [1.54, 1.807) is 0 Å². The van der Waals surface area contributed by atoms with E-state index in [-0.39, 0.29) is 6.61 Å². The van der Waals surface area contributed by atoms with Crippen molar-refractivity contribution in [3.8, 4) is 0 Å². The molecule has 0 aromatic rings. The normalized spacial score (nSPS) is 37.3. The highest BCUT2D eigenvalue weighted by Crippen LogP contribution is 2.43. The maximum atomic E-state index is 10.5. The van der Waals surface area contributed by atoms with Gasteiger partial charge in [-0.2, -0.15) is 0 Å². The number of rotatable bonds is 2. The molecule has 0 saturated carbocycles. The highest BCUT2D eigenvalue weighted by molar-refractivity contribution is 5.02. The Morgan fingerprint density at radius 2 is 1.93 bits per heavy atom. The zero-order valence-electron chi connectivity index (χ0n) is 8.46. The molecule has 4 nitrogen and oxygen atoms in total. The maximum Gasteiger partial charge on any atom is 0.0772 e. The van der Waals surface area contributed by atoms with E-state index in [4.69, 9.17) is 4.74 Å². The summed E-state index contributed by atoms with van der Waals surface area (Å²) in [5.41, 5.74) is -1.14. The Kier molecular flexibility index (Phi) is 2.79. The molecule has 0 aromatic carbocycles. The Morgan fingerprint density at radius 3 is 2.43 bits per heavy atom. The van der Waals surface area contributed by atoms with Crippen LogP contribution in [-0.2, 0) is 4.74 Å². The summed E-state index contributed by atoms with van der Waals surface area (Å²) >= 11 is 0. The second-order valence-electron chi connectivity index (χ2n) is 4.52. The molecule has 82 valence electrons. The van der Waals surface area contributed by atoms with Crippen molar-refractivity contribution in [1.29, 1.82) is 0 Å². The average molecular weight is 201 g/mol. The molecule has 1 atom stereocenters. The number of aliphatic hydroxyl groups is 2. The van der Waals surface area contributed by atoms with Crippen molar-refractivity contribution in [3.63, 3.8) is 0 Å². The van der Waals surface area contributed by atoms with Gasteiger partial charge in [0.05, 0.1) is 18.8 Å². The Labute approximate surface area is 84.3 Å². The van der Waals surface area contributed by atoms with Crippen molar-refractivity contribution in [2.75, 3.05) is 32.9 Å². The van der Waals surface area contributed by atoms with Crippen molar-refractivity contribution in [1.82, 2.24) is 5.32 Å². The van der Waals surface area contributed by atoms with Crippen LogP contribution in [0.3, 0.4) is 0 Å². The second-order valence-corrected chi connectivity index (χ2v) is 4.52. The van der Waals surface area contributed by atoms with Gasteiger partial charge in [-0.3, -0.25) is 0 Å². The molecule has 0 aromatic heterocycles. The lowest BCUT2D eigenvalue weighted by atomic mass is 9.67. The zero-order chi connectivity index (χ0) is 10.1. The smallest absolute Gasteiger partial charge is 0.0772 e. The summed E-state index contributed by atoms with van der Waals surface area (Å²) in [4.78, 5) is 0. The van der Waals surface area contributed by atoms with Gasteiger partial charge in [0, 0.05) is 12.0 Å². The van der Waals surface area contributed by atoms with E-state index in [9.17, 15) is 10.2 Å². The monoisotopic (exact) mass is 201 g/mol. The fourth-order valence-corrected chi connectivity index (χ4v) is 2.62.